The Labute approximate surface area is 121 Å². The third kappa shape index (κ3) is 2.55. The molecule has 0 fully saturated rings. The fraction of sp³-hybridized carbons (Fsp3) is 0.267. The zero-order valence-corrected chi connectivity index (χ0v) is 12.4. The SMILES string of the molecule is CSc1ccc(C(=O)N2CCc3sccc3C2)cc1. The molecule has 0 radical (unpaired) electrons. The summed E-state index contributed by atoms with van der Waals surface area (Å²) >= 11 is 3.49. The van der Waals surface area contributed by atoms with E-state index in [1.54, 1.807) is 23.1 Å². The summed E-state index contributed by atoms with van der Waals surface area (Å²) in [6.45, 7) is 1.58. The van der Waals surface area contributed by atoms with E-state index in [9.17, 15) is 4.79 Å². The van der Waals surface area contributed by atoms with Gasteiger partial charge in [-0.3, -0.25) is 4.79 Å². The van der Waals surface area contributed by atoms with Gasteiger partial charge >= 0.3 is 0 Å². The van der Waals surface area contributed by atoms with Gasteiger partial charge in [-0.25, -0.2) is 0 Å². The summed E-state index contributed by atoms with van der Waals surface area (Å²) in [5.74, 6) is 0.143. The average molecular weight is 289 g/mol. The van der Waals surface area contributed by atoms with Gasteiger partial charge in [-0.1, -0.05) is 0 Å². The van der Waals surface area contributed by atoms with E-state index in [1.165, 1.54) is 15.3 Å². The Morgan fingerprint density at radius 2 is 2.05 bits per heavy atom. The van der Waals surface area contributed by atoms with E-state index >= 15 is 0 Å². The number of rotatable bonds is 2. The third-order valence-corrected chi connectivity index (χ3v) is 5.20. The highest BCUT2D eigenvalue weighted by Gasteiger charge is 2.22. The molecule has 1 aromatic heterocycles. The van der Waals surface area contributed by atoms with Crippen molar-refractivity contribution >= 4 is 29.0 Å². The number of amides is 1. The first-order chi connectivity index (χ1) is 9.28. The van der Waals surface area contributed by atoms with Crippen LogP contribution in [0.15, 0.2) is 40.6 Å². The van der Waals surface area contributed by atoms with Crippen LogP contribution in [-0.2, 0) is 13.0 Å². The minimum Gasteiger partial charge on any atom is -0.334 e. The summed E-state index contributed by atoms with van der Waals surface area (Å²) < 4.78 is 0. The zero-order chi connectivity index (χ0) is 13.2. The fourth-order valence-electron chi connectivity index (χ4n) is 2.34. The maximum Gasteiger partial charge on any atom is 0.254 e. The second-order valence-electron chi connectivity index (χ2n) is 4.57. The number of hydrogen-bond donors (Lipinski definition) is 0. The van der Waals surface area contributed by atoms with Crippen LogP contribution in [0, 0.1) is 0 Å². The predicted octanol–water partition coefficient (Wildman–Crippen LogP) is 3.67. The first-order valence-corrected chi connectivity index (χ1v) is 8.37. The van der Waals surface area contributed by atoms with Gasteiger partial charge in [0.25, 0.3) is 5.91 Å². The molecule has 3 rings (SSSR count). The van der Waals surface area contributed by atoms with Gasteiger partial charge in [0.2, 0.25) is 0 Å². The number of nitrogens with zero attached hydrogens (tertiary/aromatic N) is 1. The molecule has 2 nitrogen and oxygen atoms in total. The monoisotopic (exact) mass is 289 g/mol. The van der Waals surface area contributed by atoms with Crippen LogP contribution in [0.25, 0.3) is 0 Å². The summed E-state index contributed by atoms with van der Waals surface area (Å²) in [5, 5.41) is 2.12. The van der Waals surface area contributed by atoms with Gasteiger partial charge in [-0.15, -0.1) is 23.1 Å². The van der Waals surface area contributed by atoms with Gasteiger partial charge in [0.05, 0.1) is 0 Å². The zero-order valence-electron chi connectivity index (χ0n) is 10.8. The molecule has 0 saturated heterocycles. The molecule has 1 aliphatic heterocycles. The topological polar surface area (TPSA) is 20.3 Å². The highest BCUT2D eigenvalue weighted by Crippen LogP contribution is 2.25. The van der Waals surface area contributed by atoms with Crippen molar-refractivity contribution in [1.82, 2.24) is 4.90 Å². The van der Waals surface area contributed by atoms with Crippen molar-refractivity contribution in [3.8, 4) is 0 Å². The molecule has 98 valence electrons. The number of benzene rings is 1. The lowest BCUT2D eigenvalue weighted by molar-refractivity contribution is 0.0736. The summed E-state index contributed by atoms with van der Waals surface area (Å²) in [6.07, 6.45) is 3.03. The van der Waals surface area contributed by atoms with Crippen LogP contribution >= 0.6 is 23.1 Å². The van der Waals surface area contributed by atoms with Crippen LogP contribution in [0.4, 0.5) is 0 Å². The molecule has 0 N–H and O–H groups in total. The summed E-state index contributed by atoms with van der Waals surface area (Å²) in [6, 6.07) is 10.0. The standard InChI is InChI=1S/C15H15NOS2/c1-18-13-4-2-11(3-5-13)15(17)16-8-6-14-12(10-16)7-9-19-14/h2-5,7,9H,6,8,10H2,1H3. The van der Waals surface area contributed by atoms with Crippen molar-refractivity contribution in [2.24, 2.45) is 0 Å². The second-order valence-corrected chi connectivity index (χ2v) is 6.45. The molecule has 2 heterocycles. The number of thiophene rings is 1. The molecule has 1 aliphatic rings. The summed E-state index contributed by atoms with van der Waals surface area (Å²) in [5.41, 5.74) is 2.10. The quantitative estimate of drug-likeness (QED) is 0.786. The van der Waals surface area contributed by atoms with Gasteiger partial charge in [0.1, 0.15) is 0 Å². The molecule has 0 saturated carbocycles. The normalized spacial score (nSPS) is 14.3. The van der Waals surface area contributed by atoms with Crippen molar-refractivity contribution in [3.05, 3.63) is 51.7 Å². The Balaban J connectivity index is 1.77. The Morgan fingerprint density at radius 1 is 1.26 bits per heavy atom. The van der Waals surface area contributed by atoms with Crippen LogP contribution in [0.1, 0.15) is 20.8 Å². The van der Waals surface area contributed by atoms with Crippen molar-refractivity contribution < 1.29 is 4.79 Å². The van der Waals surface area contributed by atoms with Crippen LogP contribution < -0.4 is 0 Å². The lowest BCUT2D eigenvalue weighted by Gasteiger charge is -2.27. The van der Waals surface area contributed by atoms with Gasteiger partial charge in [-0.05, 0) is 54.0 Å². The number of hydrogen-bond acceptors (Lipinski definition) is 3. The summed E-state index contributed by atoms with van der Waals surface area (Å²) in [4.78, 5) is 17.0. The van der Waals surface area contributed by atoms with E-state index in [2.05, 4.69) is 11.4 Å². The molecular formula is C15H15NOS2. The maximum atomic E-state index is 12.5. The summed E-state index contributed by atoms with van der Waals surface area (Å²) in [7, 11) is 0. The van der Waals surface area contributed by atoms with Crippen molar-refractivity contribution in [2.75, 3.05) is 12.8 Å². The second kappa shape index (κ2) is 5.39. The molecule has 0 atom stereocenters. The molecule has 1 aromatic carbocycles. The highest BCUT2D eigenvalue weighted by molar-refractivity contribution is 7.98. The van der Waals surface area contributed by atoms with Crippen molar-refractivity contribution in [2.45, 2.75) is 17.9 Å². The van der Waals surface area contributed by atoms with Crippen LogP contribution in [-0.4, -0.2) is 23.6 Å². The first kappa shape index (κ1) is 12.8. The molecule has 0 aliphatic carbocycles. The van der Waals surface area contributed by atoms with E-state index in [4.69, 9.17) is 0 Å². The molecule has 0 unspecified atom stereocenters. The Kier molecular flexibility index (Phi) is 3.62. The van der Waals surface area contributed by atoms with Gasteiger partial charge < -0.3 is 4.90 Å². The lowest BCUT2D eigenvalue weighted by Crippen LogP contribution is -2.35. The number of carbonyl (C=O) groups excluding carboxylic acids is 1. The van der Waals surface area contributed by atoms with Crippen LogP contribution in [0.2, 0.25) is 0 Å². The van der Waals surface area contributed by atoms with E-state index in [-0.39, 0.29) is 5.91 Å². The van der Waals surface area contributed by atoms with Gasteiger partial charge in [0, 0.05) is 28.4 Å². The number of carbonyl (C=O) groups is 1. The molecule has 0 bridgehead atoms. The van der Waals surface area contributed by atoms with E-state index in [0.717, 1.165) is 25.1 Å². The lowest BCUT2D eigenvalue weighted by atomic mass is 10.1. The molecule has 19 heavy (non-hydrogen) atoms. The van der Waals surface area contributed by atoms with E-state index in [0.29, 0.717) is 0 Å². The number of fused-ring (bicyclic) bond motifs is 1. The van der Waals surface area contributed by atoms with Gasteiger partial charge in [0.15, 0.2) is 0 Å². The predicted molar refractivity (Wildman–Crippen MR) is 81.0 cm³/mol. The largest absolute Gasteiger partial charge is 0.334 e. The smallest absolute Gasteiger partial charge is 0.254 e. The van der Waals surface area contributed by atoms with E-state index < -0.39 is 0 Å². The number of thioether (sulfide) groups is 1. The Bertz CT molecular complexity index is 588. The van der Waals surface area contributed by atoms with Crippen molar-refractivity contribution in [3.63, 3.8) is 0 Å². The molecule has 0 spiro atoms. The molecule has 4 heteroatoms. The molecule has 1 amide bonds. The Morgan fingerprint density at radius 3 is 2.79 bits per heavy atom. The fourth-order valence-corrected chi connectivity index (χ4v) is 3.64. The Hall–Kier alpha value is -1.26. The minimum absolute atomic E-state index is 0.143. The van der Waals surface area contributed by atoms with Crippen LogP contribution in [0.5, 0.6) is 0 Å². The molecule has 2 aromatic rings. The van der Waals surface area contributed by atoms with Gasteiger partial charge in [-0.2, -0.15) is 0 Å². The maximum absolute atomic E-state index is 12.5. The minimum atomic E-state index is 0.143. The third-order valence-electron chi connectivity index (χ3n) is 3.43. The van der Waals surface area contributed by atoms with Crippen LogP contribution in [0.3, 0.4) is 0 Å². The first-order valence-electron chi connectivity index (χ1n) is 6.26. The highest BCUT2D eigenvalue weighted by atomic mass is 32.2. The average Bonchev–Trinajstić information content (AvgIpc) is 2.94. The van der Waals surface area contributed by atoms with E-state index in [1.807, 2.05) is 35.4 Å². The molecular weight excluding hydrogens is 274 g/mol. The van der Waals surface area contributed by atoms with Crippen molar-refractivity contribution in [1.29, 1.82) is 0 Å².